The molecule has 0 N–H and O–H groups in total. The molecule has 0 spiro atoms. The van der Waals surface area contributed by atoms with Gasteiger partial charge in [-0.1, -0.05) is 30.0 Å². The average molecular weight is 363 g/mol. The first-order chi connectivity index (χ1) is 12.7. The molecule has 0 aliphatic rings. The number of para-hydroxylation sites is 1. The normalized spacial score (nSPS) is 11.1. The Kier molecular flexibility index (Phi) is 4.53. The van der Waals surface area contributed by atoms with Crippen LogP contribution in [0.1, 0.15) is 11.4 Å². The van der Waals surface area contributed by atoms with Crippen LogP contribution >= 0.6 is 11.8 Å². The molecule has 7 heteroatoms. The van der Waals surface area contributed by atoms with Crippen LogP contribution in [0.4, 0.5) is 0 Å². The van der Waals surface area contributed by atoms with Gasteiger partial charge in [-0.2, -0.15) is 0 Å². The number of hydrogen-bond acceptors (Lipinski definition) is 5. The number of fused-ring (bicyclic) bond motifs is 1. The molecule has 0 amide bonds. The zero-order chi connectivity index (χ0) is 17.9. The van der Waals surface area contributed by atoms with Crippen molar-refractivity contribution >= 4 is 22.7 Å². The van der Waals surface area contributed by atoms with Crippen LogP contribution in [0, 0.1) is 0 Å². The Morgan fingerprint density at radius 1 is 1.12 bits per heavy atom. The van der Waals surface area contributed by atoms with Gasteiger partial charge < -0.3 is 4.57 Å². The molecule has 0 unspecified atom stereocenters. The van der Waals surface area contributed by atoms with Crippen LogP contribution in [0.25, 0.3) is 10.9 Å². The molecule has 0 radical (unpaired) electrons. The summed E-state index contributed by atoms with van der Waals surface area (Å²) in [5.74, 6) is 1.29. The fourth-order valence-electron chi connectivity index (χ4n) is 2.78. The van der Waals surface area contributed by atoms with Gasteiger partial charge in [-0.15, -0.1) is 0 Å². The summed E-state index contributed by atoms with van der Waals surface area (Å²) in [7, 11) is 1.95. The molecule has 0 atom stereocenters. The molecule has 130 valence electrons. The Balaban J connectivity index is 1.77. The minimum absolute atomic E-state index is 0.0325. The largest absolute Gasteiger partial charge is 0.329 e. The van der Waals surface area contributed by atoms with Crippen LogP contribution in [-0.2, 0) is 19.3 Å². The Bertz CT molecular complexity index is 1100. The lowest BCUT2D eigenvalue weighted by Gasteiger charge is -2.13. The average Bonchev–Trinajstić information content (AvgIpc) is 3.08. The van der Waals surface area contributed by atoms with E-state index in [1.165, 1.54) is 0 Å². The smallest absolute Gasteiger partial charge is 0.261 e. The molecule has 1 aromatic carbocycles. The van der Waals surface area contributed by atoms with E-state index in [0.29, 0.717) is 17.7 Å². The van der Waals surface area contributed by atoms with E-state index >= 15 is 0 Å². The van der Waals surface area contributed by atoms with E-state index in [0.717, 1.165) is 22.1 Å². The number of benzene rings is 1. The zero-order valence-electron chi connectivity index (χ0n) is 14.2. The highest BCUT2D eigenvalue weighted by molar-refractivity contribution is 7.98. The number of pyridine rings is 1. The van der Waals surface area contributed by atoms with Gasteiger partial charge in [0.05, 0.1) is 23.2 Å². The van der Waals surface area contributed by atoms with Crippen molar-refractivity contribution in [3.05, 3.63) is 82.9 Å². The molecule has 0 aliphatic carbocycles. The molecule has 0 aliphatic heterocycles. The molecular formula is C19H17N5OS. The van der Waals surface area contributed by atoms with Gasteiger partial charge in [-0.25, -0.2) is 9.97 Å². The Hall–Kier alpha value is -2.93. The molecule has 3 heterocycles. The minimum atomic E-state index is -0.0325. The van der Waals surface area contributed by atoms with Crippen molar-refractivity contribution < 1.29 is 0 Å². The summed E-state index contributed by atoms with van der Waals surface area (Å²) in [6, 6.07) is 11.3. The van der Waals surface area contributed by atoms with Gasteiger partial charge in [0.1, 0.15) is 5.82 Å². The van der Waals surface area contributed by atoms with Crippen molar-refractivity contribution in [2.45, 2.75) is 17.5 Å². The van der Waals surface area contributed by atoms with E-state index in [4.69, 9.17) is 4.98 Å². The van der Waals surface area contributed by atoms with Crippen molar-refractivity contribution in [1.82, 2.24) is 24.1 Å². The first kappa shape index (κ1) is 16.5. The van der Waals surface area contributed by atoms with Gasteiger partial charge in [0.15, 0.2) is 5.16 Å². The summed E-state index contributed by atoms with van der Waals surface area (Å²) in [5, 5.41) is 1.52. The van der Waals surface area contributed by atoms with Gasteiger partial charge >= 0.3 is 0 Å². The monoisotopic (exact) mass is 363 g/mol. The first-order valence-electron chi connectivity index (χ1n) is 8.20. The second-order valence-electron chi connectivity index (χ2n) is 5.91. The Morgan fingerprint density at radius 3 is 2.77 bits per heavy atom. The van der Waals surface area contributed by atoms with E-state index in [1.54, 1.807) is 34.9 Å². The summed E-state index contributed by atoms with van der Waals surface area (Å²) in [6.45, 7) is 0.445. The third-order valence-corrected chi connectivity index (χ3v) is 5.17. The van der Waals surface area contributed by atoms with Crippen molar-refractivity contribution in [2.24, 2.45) is 7.05 Å². The quantitative estimate of drug-likeness (QED) is 0.510. The highest BCUT2D eigenvalue weighted by atomic mass is 32.2. The maximum Gasteiger partial charge on any atom is 0.261 e. The zero-order valence-corrected chi connectivity index (χ0v) is 15.1. The lowest BCUT2D eigenvalue weighted by atomic mass is 10.2. The van der Waals surface area contributed by atoms with E-state index in [9.17, 15) is 4.79 Å². The first-order valence-corrected chi connectivity index (χ1v) is 9.18. The summed E-state index contributed by atoms with van der Waals surface area (Å²) in [6.07, 6.45) is 7.16. The number of rotatable bonds is 5. The van der Waals surface area contributed by atoms with Gasteiger partial charge in [0.25, 0.3) is 5.56 Å². The van der Waals surface area contributed by atoms with Gasteiger partial charge in [-0.3, -0.25) is 14.3 Å². The van der Waals surface area contributed by atoms with Crippen LogP contribution in [-0.4, -0.2) is 24.1 Å². The third kappa shape index (κ3) is 3.25. The molecule has 0 saturated carbocycles. The van der Waals surface area contributed by atoms with Crippen LogP contribution in [0.5, 0.6) is 0 Å². The third-order valence-electron chi connectivity index (χ3n) is 4.11. The molecule has 0 bridgehead atoms. The van der Waals surface area contributed by atoms with Gasteiger partial charge in [0.2, 0.25) is 0 Å². The number of hydrogen-bond donors (Lipinski definition) is 0. The predicted molar refractivity (Wildman–Crippen MR) is 102 cm³/mol. The van der Waals surface area contributed by atoms with E-state index in [-0.39, 0.29) is 5.56 Å². The molecule has 0 saturated heterocycles. The second-order valence-corrected chi connectivity index (χ2v) is 6.85. The fraction of sp³-hybridized carbons (Fsp3) is 0.158. The van der Waals surface area contributed by atoms with E-state index in [1.807, 2.05) is 54.2 Å². The molecule has 4 rings (SSSR count). The molecule has 3 aromatic heterocycles. The number of thioether (sulfide) groups is 1. The molecular weight excluding hydrogens is 346 g/mol. The van der Waals surface area contributed by atoms with Gasteiger partial charge in [0, 0.05) is 31.8 Å². The standard InChI is InChI=1S/C19H17N5OS/c1-23-10-9-21-19(23)26-13-17-22-16-7-3-2-6-15(16)18(25)24(17)12-14-5-4-8-20-11-14/h2-11H,12-13H2,1H3. The summed E-state index contributed by atoms with van der Waals surface area (Å²) in [4.78, 5) is 26.3. The number of aromatic nitrogens is 5. The van der Waals surface area contributed by atoms with Crippen LogP contribution in [0.3, 0.4) is 0 Å². The van der Waals surface area contributed by atoms with E-state index in [2.05, 4.69) is 9.97 Å². The van der Waals surface area contributed by atoms with Crippen LogP contribution < -0.4 is 5.56 Å². The summed E-state index contributed by atoms with van der Waals surface area (Å²) >= 11 is 1.56. The lowest BCUT2D eigenvalue weighted by molar-refractivity contribution is 0.704. The van der Waals surface area contributed by atoms with Crippen molar-refractivity contribution in [1.29, 1.82) is 0 Å². The summed E-state index contributed by atoms with van der Waals surface area (Å²) in [5.41, 5.74) is 1.65. The minimum Gasteiger partial charge on any atom is -0.329 e. The Morgan fingerprint density at radius 2 is 2.00 bits per heavy atom. The number of nitrogens with zero attached hydrogens (tertiary/aromatic N) is 5. The molecule has 26 heavy (non-hydrogen) atoms. The van der Waals surface area contributed by atoms with Crippen molar-refractivity contribution in [2.75, 3.05) is 0 Å². The Labute approximate surface area is 154 Å². The van der Waals surface area contributed by atoms with Crippen molar-refractivity contribution in [3.8, 4) is 0 Å². The highest BCUT2D eigenvalue weighted by Gasteiger charge is 2.13. The number of imidazole rings is 1. The topological polar surface area (TPSA) is 65.6 Å². The second kappa shape index (κ2) is 7.13. The highest BCUT2D eigenvalue weighted by Crippen LogP contribution is 2.20. The maximum absolute atomic E-state index is 13.1. The summed E-state index contributed by atoms with van der Waals surface area (Å²) < 4.78 is 3.69. The SMILES string of the molecule is Cn1ccnc1SCc1nc2ccccc2c(=O)n1Cc1cccnc1. The molecule has 0 fully saturated rings. The molecule has 6 nitrogen and oxygen atoms in total. The van der Waals surface area contributed by atoms with E-state index < -0.39 is 0 Å². The lowest BCUT2D eigenvalue weighted by Crippen LogP contribution is -2.25. The number of aryl methyl sites for hydroxylation is 1. The predicted octanol–water partition coefficient (Wildman–Crippen LogP) is 2.87. The van der Waals surface area contributed by atoms with Gasteiger partial charge in [-0.05, 0) is 23.8 Å². The van der Waals surface area contributed by atoms with Crippen LogP contribution in [0.2, 0.25) is 0 Å². The van der Waals surface area contributed by atoms with Crippen molar-refractivity contribution in [3.63, 3.8) is 0 Å². The molecule has 4 aromatic rings. The fourth-order valence-corrected chi connectivity index (χ4v) is 3.66. The maximum atomic E-state index is 13.1. The van der Waals surface area contributed by atoms with Crippen LogP contribution in [0.15, 0.2) is 71.1 Å².